The first-order chi connectivity index (χ1) is 11.6. The zero-order chi connectivity index (χ0) is 17.4. The molecule has 1 atom stereocenters. The van der Waals surface area contributed by atoms with Gasteiger partial charge in [-0.25, -0.2) is 0 Å². The highest BCUT2D eigenvalue weighted by atomic mass is 32.2. The fourth-order valence-corrected chi connectivity index (χ4v) is 3.46. The Morgan fingerprint density at radius 2 is 2.21 bits per heavy atom. The molecule has 0 aliphatic carbocycles. The molecular formula is C15H20N4O3S2. The molecule has 1 amide bonds. The van der Waals surface area contributed by atoms with Crippen LogP contribution >= 0.6 is 23.1 Å². The lowest BCUT2D eigenvalue weighted by atomic mass is 10.3. The molecule has 7 nitrogen and oxygen atoms in total. The molecule has 0 bridgehead atoms. The zero-order valence-corrected chi connectivity index (χ0v) is 15.4. The fraction of sp³-hybridized carbons (Fsp3) is 0.400. The van der Waals surface area contributed by atoms with Crippen molar-refractivity contribution in [2.45, 2.75) is 17.3 Å². The second kappa shape index (κ2) is 9.45. The predicted molar refractivity (Wildman–Crippen MR) is 96.4 cm³/mol. The van der Waals surface area contributed by atoms with Gasteiger partial charge in [-0.05, 0) is 19.1 Å². The first-order valence-corrected chi connectivity index (χ1v) is 9.06. The summed E-state index contributed by atoms with van der Waals surface area (Å²) in [6.07, 6.45) is 0. The lowest BCUT2D eigenvalue weighted by Crippen LogP contribution is -2.36. The summed E-state index contributed by atoms with van der Waals surface area (Å²) in [7, 11) is 3.23. The minimum Gasteiger partial charge on any atom is -0.497 e. The van der Waals surface area contributed by atoms with Gasteiger partial charge in [0.25, 0.3) is 0 Å². The molecule has 24 heavy (non-hydrogen) atoms. The Labute approximate surface area is 149 Å². The van der Waals surface area contributed by atoms with Crippen LogP contribution in [0.4, 0.5) is 10.8 Å². The number of hydrogen-bond donors (Lipinski definition) is 2. The molecule has 9 heteroatoms. The van der Waals surface area contributed by atoms with Crippen LogP contribution in [0.25, 0.3) is 0 Å². The van der Waals surface area contributed by atoms with E-state index in [-0.39, 0.29) is 11.9 Å². The van der Waals surface area contributed by atoms with E-state index in [0.717, 1.165) is 15.8 Å². The van der Waals surface area contributed by atoms with Crippen molar-refractivity contribution in [3.63, 3.8) is 0 Å². The van der Waals surface area contributed by atoms with Crippen molar-refractivity contribution in [2.75, 3.05) is 31.9 Å². The third-order valence-electron chi connectivity index (χ3n) is 2.88. The van der Waals surface area contributed by atoms with Crippen LogP contribution < -0.4 is 15.4 Å². The number of anilines is 2. The van der Waals surface area contributed by atoms with Crippen LogP contribution in [0.5, 0.6) is 5.75 Å². The minimum absolute atomic E-state index is 0.0113. The predicted octanol–water partition coefficient (Wildman–Crippen LogP) is 2.53. The van der Waals surface area contributed by atoms with Gasteiger partial charge in [0.15, 0.2) is 4.34 Å². The SMILES string of the molecule is COCC(C)NC(=O)CSc1nnc(Nc2cccc(OC)c2)s1. The Kier molecular flexibility index (Phi) is 7.29. The fourth-order valence-electron chi connectivity index (χ4n) is 1.88. The second-order valence-electron chi connectivity index (χ2n) is 4.94. The first-order valence-electron chi connectivity index (χ1n) is 7.26. The maximum absolute atomic E-state index is 11.8. The highest BCUT2D eigenvalue weighted by Gasteiger charge is 2.10. The molecule has 0 saturated heterocycles. The van der Waals surface area contributed by atoms with E-state index in [0.29, 0.717) is 17.5 Å². The molecule has 2 N–H and O–H groups in total. The highest BCUT2D eigenvalue weighted by Crippen LogP contribution is 2.28. The summed E-state index contributed by atoms with van der Waals surface area (Å²) in [4.78, 5) is 11.8. The van der Waals surface area contributed by atoms with Gasteiger partial charge in [0.2, 0.25) is 11.0 Å². The van der Waals surface area contributed by atoms with Gasteiger partial charge in [-0.15, -0.1) is 10.2 Å². The second-order valence-corrected chi connectivity index (χ2v) is 7.14. The monoisotopic (exact) mass is 368 g/mol. The largest absolute Gasteiger partial charge is 0.497 e. The van der Waals surface area contributed by atoms with E-state index in [2.05, 4.69) is 20.8 Å². The molecule has 1 unspecified atom stereocenters. The van der Waals surface area contributed by atoms with Crippen LogP contribution in [0.2, 0.25) is 0 Å². The number of benzene rings is 1. The summed E-state index contributed by atoms with van der Waals surface area (Å²) in [5.41, 5.74) is 0.869. The molecule has 0 aliphatic rings. The van der Waals surface area contributed by atoms with Gasteiger partial charge in [0.05, 0.1) is 19.5 Å². The van der Waals surface area contributed by atoms with Gasteiger partial charge in [-0.2, -0.15) is 0 Å². The van der Waals surface area contributed by atoms with Crippen molar-refractivity contribution in [2.24, 2.45) is 0 Å². The number of carbonyl (C=O) groups is 1. The van der Waals surface area contributed by atoms with Crippen molar-refractivity contribution in [3.8, 4) is 5.75 Å². The van der Waals surface area contributed by atoms with Crippen LogP contribution in [0.3, 0.4) is 0 Å². The van der Waals surface area contributed by atoms with Gasteiger partial charge < -0.3 is 20.1 Å². The number of hydrogen-bond acceptors (Lipinski definition) is 8. The van der Waals surface area contributed by atoms with E-state index in [1.165, 1.54) is 23.1 Å². The standard InChI is InChI=1S/C15H20N4O3S2/c1-10(8-21-2)16-13(20)9-23-15-19-18-14(24-15)17-11-5-4-6-12(7-11)22-3/h4-7,10H,8-9H2,1-3H3,(H,16,20)(H,17,18). The average molecular weight is 368 g/mol. The molecule has 1 heterocycles. The van der Waals surface area contributed by atoms with Gasteiger partial charge in [-0.1, -0.05) is 29.2 Å². The number of aromatic nitrogens is 2. The Hall–Kier alpha value is -1.84. The number of nitrogens with zero attached hydrogens (tertiary/aromatic N) is 2. The van der Waals surface area contributed by atoms with Crippen molar-refractivity contribution < 1.29 is 14.3 Å². The van der Waals surface area contributed by atoms with Crippen LogP contribution in [0.1, 0.15) is 6.92 Å². The number of thioether (sulfide) groups is 1. The maximum Gasteiger partial charge on any atom is 0.230 e. The number of rotatable bonds is 9. The first kappa shape index (κ1) is 18.5. The molecule has 2 aromatic rings. The normalized spacial score (nSPS) is 11.8. The maximum atomic E-state index is 11.8. The Balaban J connectivity index is 1.83. The molecule has 1 aromatic heterocycles. The van der Waals surface area contributed by atoms with Gasteiger partial charge >= 0.3 is 0 Å². The molecule has 0 radical (unpaired) electrons. The summed E-state index contributed by atoms with van der Waals surface area (Å²) in [5.74, 6) is 1.00. The molecule has 0 saturated carbocycles. The Morgan fingerprint density at radius 3 is 2.96 bits per heavy atom. The van der Waals surface area contributed by atoms with E-state index in [1.54, 1.807) is 14.2 Å². The number of nitrogens with one attached hydrogen (secondary N) is 2. The lowest BCUT2D eigenvalue weighted by molar-refractivity contribution is -0.119. The third-order valence-corrected chi connectivity index (χ3v) is 4.85. The molecule has 1 aromatic carbocycles. The summed E-state index contributed by atoms with van der Waals surface area (Å²) in [5, 5.41) is 14.8. The van der Waals surface area contributed by atoms with Crippen LogP contribution in [0, 0.1) is 0 Å². The quantitative estimate of drug-likeness (QED) is 0.658. The van der Waals surface area contributed by atoms with E-state index >= 15 is 0 Å². The van der Waals surface area contributed by atoms with E-state index < -0.39 is 0 Å². The van der Waals surface area contributed by atoms with Crippen LogP contribution in [-0.2, 0) is 9.53 Å². The summed E-state index contributed by atoms with van der Waals surface area (Å²) < 4.78 is 10.9. The van der Waals surface area contributed by atoms with Gasteiger partial charge in [0.1, 0.15) is 5.75 Å². The molecule has 130 valence electrons. The molecule has 2 rings (SSSR count). The van der Waals surface area contributed by atoms with Crippen LogP contribution in [-0.4, -0.2) is 48.7 Å². The summed E-state index contributed by atoms with van der Waals surface area (Å²) in [6, 6.07) is 7.54. The lowest BCUT2D eigenvalue weighted by Gasteiger charge is -2.11. The molecular weight excluding hydrogens is 348 g/mol. The van der Waals surface area contributed by atoms with E-state index in [1.807, 2.05) is 31.2 Å². The van der Waals surface area contributed by atoms with Gasteiger partial charge in [0, 0.05) is 24.9 Å². The molecule has 0 aliphatic heterocycles. The number of carbonyl (C=O) groups excluding carboxylic acids is 1. The van der Waals surface area contributed by atoms with Gasteiger partial charge in [-0.3, -0.25) is 4.79 Å². The average Bonchev–Trinajstić information content (AvgIpc) is 3.01. The van der Waals surface area contributed by atoms with E-state index in [4.69, 9.17) is 9.47 Å². The van der Waals surface area contributed by atoms with E-state index in [9.17, 15) is 4.79 Å². The van der Waals surface area contributed by atoms with Crippen LogP contribution in [0.15, 0.2) is 28.6 Å². The topological polar surface area (TPSA) is 85.4 Å². The number of amides is 1. The number of methoxy groups -OCH3 is 2. The number of ether oxygens (including phenoxy) is 2. The molecule has 0 fully saturated rings. The zero-order valence-electron chi connectivity index (χ0n) is 13.7. The molecule has 0 spiro atoms. The van der Waals surface area contributed by atoms with Crippen molar-refractivity contribution in [1.29, 1.82) is 0 Å². The Bertz CT molecular complexity index is 666. The Morgan fingerprint density at radius 1 is 1.38 bits per heavy atom. The highest BCUT2D eigenvalue weighted by molar-refractivity contribution is 8.01. The summed E-state index contributed by atoms with van der Waals surface area (Å²) in [6.45, 7) is 2.39. The minimum atomic E-state index is -0.0537. The van der Waals surface area contributed by atoms with Crippen molar-refractivity contribution in [1.82, 2.24) is 15.5 Å². The van der Waals surface area contributed by atoms with Crippen molar-refractivity contribution in [3.05, 3.63) is 24.3 Å². The van der Waals surface area contributed by atoms with Crippen molar-refractivity contribution >= 4 is 39.8 Å². The third kappa shape index (κ3) is 5.99. The smallest absolute Gasteiger partial charge is 0.230 e. The summed E-state index contributed by atoms with van der Waals surface area (Å²) >= 11 is 2.75.